The number of rotatable bonds is 8. The van der Waals surface area contributed by atoms with Crippen molar-refractivity contribution in [2.75, 3.05) is 13.2 Å². The molecule has 0 spiro atoms. The Morgan fingerprint density at radius 3 is 2.50 bits per heavy atom. The molecule has 1 aromatic rings. The van der Waals surface area contributed by atoms with Crippen molar-refractivity contribution in [1.82, 2.24) is 0 Å². The molecule has 5 nitrogen and oxygen atoms in total. The number of nitrogen functional groups attached to an aromatic ring is 1. The number of hydrogen-bond donors (Lipinski definition) is 3. The number of nitrogens with one attached hydrogen (secondary N) is 1. The van der Waals surface area contributed by atoms with Gasteiger partial charge in [-0.1, -0.05) is 0 Å². The van der Waals surface area contributed by atoms with Crippen molar-refractivity contribution in [3.63, 3.8) is 0 Å². The SMILES string of the molecule is N=C(N)c1ccc(OCCCC(=O)CCO)cc1. The largest absolute Gasteiger partial charge is 0.494 e. The van der Waals surface area contributed by atoms with Crippen LogP contribution in [0.15, 0.2) is 24.3 Å². The van der Waals surface area contributed by atoms with Crippen molar-refractivity contribution in [1.29, 1.82) is 5.41 Å². The Labute approximate surface area is 106 Å². The van der Waals surface area contributed by atoms with Crippen molar-refractivity contribution in [2.24, 2.45) is 5.73 Å². The Balaban J connectivity index is 2.27. The summed E-state index contributed by atoms with van der Waals surface area (Å²) in [6, 6.07) is 6.92. The summed E-state index contributed by atoms with van der Waals surface area (Å²) in [5.41, 5.74) is 5.99. The standard InChI is InChI=1S/C13H18N2O3/c14-13(15)10-3-5-12(6-4-10)18-9-1-2-11(17)7-8-16/h3-6,16H,1-2,7-9H2,(H3,14,15). The topological polar surface area (TPSA) is 96.4 Å². The first-order valence-corrected chi connectivity index (χ1v) is 5.83. The average Bonchev–Trinajstić information content (AvgIpc) is 2.35. The molecule has 0 unspecified atom stereocenters. The zero-order chi connectivity index (χ0) is 13.4. The van der Waals surface area contributed by atoms with Crippen molar-refractivity contribution < 1.29 is 14.6 Å². The second-order valence-electron chi connectivity index (χ2n) is 3.90. The summed E-state index contributed by atoms with van der Waals surface area (Å²) >= 11 is 0. The van der Waals surface area contributed by atoms with Crippen LogP contribution in [-0.4, -0.2) is 29.9 Å². The molecule has 0 aliphatic heterocycles. The van der Waals surface area contributed by atoms with E-state index in [1.54, 1.807) is 24.3 Å². The highest BCUT2D eigenvalue weighted by molar-refractivity contribution is 5.94. The van der Waals surface area contributed by atoms with E-state index < -0.39 is 0 Å². The summed E-state index contributed by atoms with van der Waals surface area (Å²) in [4.78, 5) is 11.1. The summed E-state index contributed by atoms with van der Waals surface area (Å²) in [7, 11) is 0. The van der Waals surface area contributed by atoms with Crippen LogP contribution in [0.4, 0.5) is 0 Å². The van der Waals surface area contributed by atoms with Crippen LogP contribution in [0.5, 0.6) is 5.75 Å². The van der Waals surface area contributed by atoms with Gasteiger partial charge in [-0.2, -0.15) is 0 Å². The molecule has 18 heavy (non-hydrogen) atoms. The lowest BCUT2D eigenvalue weighted by Gasteiger charge is -2.06. The van der Waals surface area contributed by atoms with E-state index in [2.05, 4.69) is 0 Å². The Kier molecular flexibility index (Phi) is 5.87. The van der Waals surface area contributed by atoms with Gasteiger partial charge in [0.05, 0.1) is 6.61 Å². The lowest BCUT2D eigenvalue weighted by Crippen LogP contribution is -2.10. The third-order valence-electron chi connectivity index (χ3n) is 2.42. The van der Waals surface area contributed by atoms with Gasteiger partial charge in [-0.3, -0.25) is 10.2 Å². The number of ketones is 1. The molecule has 0 fully saturated rings. The van der Waals surface area contributed by atoms with E-state index in [1.807, 2.05) is 0 Å². The molecule has 0 bridgehead atoms. The van der Waals surface area contributed by atoms with Gasteiger partial charge in [0.25, 0.3) is 0 Å². The minimum atomic E-state index is -0.0911. The fraction of sp³-hybridized carbons (Fsp3) is 0.385. The monoisotopic (exact) mass is 250 g/mol. The normalized spacial score (nSPS) is 10.1. The number of nitrogens with two attached hydrogens (primary N) is 1. The molecule has 5 heteroatoms. The molecular formula is C13H18N2O3. The third kappa shape index (κ3) is 4.97. The first-order chi connectivity index (χ1) is 8.63. The van der Waals surface area contributed by atoms with Crippen LogP contribution >= 0.6 is 0 Å². The summed E-state index contributed by atoms with van der Waals surface area (Å²) in [5, 5.41) is 15.8. The molecule has 98 valence electrons. The minimum absolute atomic E-state index is 0.0242. The van der Waals surface area contributed by atoms with Crippen LogP contribution in [0, 0.1) is 5.41 Å². The summed E-state index contributed by atoms with van der Waals surface area (Å²) in [5.74, 6) is 0.763. The molecule has 0 aliphatic rings. The molecule has 1 rings (SSSR count). The van der Waals surface area contributed by atoms with E-state index in [-0.39, 0.29) is 24.6 Å². The van der Waals surface area contributed by atoms with Crippen LogP contribution in [0.1, 0.15) is 24.8 Å². The minimum Gasteiger partial charge on any atom is -0.494 e. The quantitative estimate of drug-likeness (QED) is 0.365. The highest BCUT2D eigenvalue weighted by Crippen LogP contribution is 2.12. The van der Waals surface area contributed by atoms with E-state index in [1.165, 1.54) is 0 Å². The molecule has 0 saturated heterocycles. The second kappa shape index (κ2) is 7.45. The highest BCUT2D eigenvalue weighted by Gasteiger charge is 2.01. The van der Waals surface area contributed by atoms with Crippen molar-refractivity contribution in [3.05, 3.63) is 29.8 Å². The van der Waals surface area contributed by atoms with Gasteiger partial charge in [0.2, 0.25) is 0 Å². The number of aliphatic hydroxyl groups is 1. The predicted molar refractivity (Wildman–Crippen MR) is 68.9 cm³/mol. The van der Waals surface area contributed by atoms with Gasteiger partial charge in [-0.15, -0.1) is 0 Å². The molecule has 0 heterocycles. The van der Waals surface area contributed by atoms with Crippen LogP contribution in [-0.2, 0) is 4.79 Å². The van der Waals surface area contributed by atoms with E-state index in [0.717, 1.165) is 0 Å². The molecule has 0 aliphatic carbocycles. The lowest BCUT2D eigenvalue weighted by molar-refractivity contribution is -0.119. The number of carbonyl (C=O) groups excluding carboxylic acids is 1. The van der Waals surface area contributed by atoms with E-state index in [9.17, 15) is 4.79 Å². The number of carbonyl (C=O) groups is 1. The predicted octanol–water partition coefficient (Wildman–Crippen LogP) is 1.08. The summed E-state index contributed by atoms with van der Waals surface area (Å²) in [6.07, 6.45) is 1.27. The molecule has 0 aromatic heterocycles. The molecule has 0 amide bonds. The Hall–Kier alpha value is -1.88. The van der Waals surface area contributed by atoms with Crippen LogP contribution < -0.4 is 10.5 Å². The van der Waals surface area contributed by atoms with E-state index >= 15 is 0 Å². The first kappa shape index (κ1) is 14.2. The van der Waals surface area contributed by atoms with Crippen LogP contribution in [0.25, 0.3) is 0 Å². The zero-order valence-electron chi connectivity index (χ0n) is 10.2. The Bertz CT molecular complexity index is 401. The zero-order valence-corrected chi connectivity index (χ0v) is 10.2. The maximum atomic E-state index is 11.1. The molecular weight excluding hydrogens is 232 g/mol. The molecule has 0 radical (unpaired) electrons. The maximum absolute atomic E-state index is 11.1. The summed E-state index contributed by atoms with van der Waals surface area (Å²) in [6.45, 7) is 0.364. The Morgan fingerprint density at radius 1 is 1.28 bits per heavy atom. The molecule has 4 N–H and O–H groups in total. The molecule has 0 saturated carbocycles. The fourth-order valence-corrected chi connectivity index (χ4v) is 1.44. The van der Waals surface area contributed by atoms with Crippen molar-refractivity contribution >= 4 is 11.6 Å². The van der Waals surface area contributed by atoms with Gasteiger partial charge in [-0.05, 0) is 30.7 Å². The van der Waals surface area contributed by atoms with Gasteiger partial charge >= 0.3 is 0 Å². The smallest absolute Gasteiger partial charge is 0.135 e. The highest BCUT2D eigenvalue weighted by atomic mass is 16.5. The van der Waals surface area contributed by atoms with Gasteiger partial charge < -0.3 is 15.6 Å². The van der Waals surface area contributed by atoms with Gasteiger partial charge in [0.15, 0.2) is 0 Å². The number of benzene rings is 1. The van der Waals surface area contributed by atoms with E-state index in [4.69, 9.17) is 21.0 Å². The maximum Gasteiger partial charge on any atom is 0.135 e. The van der Waals surface area contributed by atoms with Gasteiger partial charge in [0, 0.05) is 25.0 Å². The second-order valence-corrected chi connectivity index (χ2v) is 3.90. The number of hydrogen-bond acceptors (Lipinski definition) is 4. The van der Waals surface area contributed by atoms with Crippen molar-refractivity contribution in [3.8, 4) is 5.75 Å². The van der Waals surface area contributed by atoms with Gasteiger partial charge in [0.1, 0.15) is 17.4 Å². The first-order valence-electron chi connectivity index (χ1n) is 5.83. The number of amidine groups is 1. The Morgan fingerprint density at radius 2 is 1.94 bits per heavy atom. The average molecular weight is 250 g/mol. The number of aliphatic hydroxyl groups excluding tert-OH is 1. The van der Waals surface area contributed by atoms with Gasteiger partial charge in [-0.25, -0.2) is 0 Å². The van der Waals surface area contributed by atoms with Crippen molar-refractivity contribution in [2.45, 2.75) is 19.3 Å². The van der Waals surface area contributed by atoms with Crippen LogP contribution in [0.3, 0.4) is 0 Å². The third-order valence-corrected chi connectivity index (χ3v) is 2.42. The summed E-state index contributed by atoms with van der Waals surface area (Å²) < 4.78 is 5.44. The number of Topliss-reactive ketones (excluding diaryl/α,β-unsaturated/α-hetero) is 1. The van der Waals surface area contributed by atoms with Crippen LogP contribution in [0.2, 0.25) is 0 Å². The molecule has 0 atom stereocenters. The van der Waals surface area contributed by atoms with E-state index in [0.29, 0.717) is 30.8 Å². The lowest BCUT2D eigenvalue weighted by atomic mass is 10.2. The fourth-order valence-electron chi connectivity index (χ4n) is 1.44. The molecule has 1 aromatic carbocycles. The number of ether oxygens (including phenoxy) is 1.